The van der Waals surface area contributed by atoms with Crippen molar-refractivity contribution in [2.45, 2.75) is 31.3 Å². The van der Waals surface area contributed by atoms with Crippen LogP contribution in [0.4, 0.5) is 0 Å². The average Bonchev–Trinajstić information content (AvgIpc) is 3.38. The lowest BCUT2D eigenvalue weighted by molar-refractivity contribution is 0.00794. The minimum atomic E-state index is -0.587. The molecule has 0 radical (unpaired) electrons. The number of aliphatic hydroxyl groups excluding tert-OH is 1. The van der Waals surface area contributed by atoms with Crippen LogP contribution in [0.25, 0.3) is 11.0 Å². The number of aromatic amines is 1. The predicted octanol–water partition coefficient (Wildman–Crippen LogP) is 2.18. The van der Waals surface area contributed by atoms with Gasteiger partial charge in [-0.3, -0.25) is 0 Å². The lowest BCUT2D eigenvalue weighted by atomic mass is 10.1. The zero-order valence-electron chi connectivity index (χ0n) is 15.4. The summed E-state index contributed by atoms with van der Waals surface area (Å²) in [6.07, 6.45) is -1.40. The van der Waals surface area contributed by atoms with Crippen molar-refractivity contribution in [2.24, 2.45) is 0 Å². The molecule has 0 bridgehead atoms. The molecule has 28 heavy (non-hydrogen) atoms. The molecule has 2 saturated heterocycles. The molecule has 6 heteroatoms. The van der Waals surface area contributed by atoms with Gasteiger partial charge in [-0.1, -0.05) is 24.1 Å². The molecule has 5 rings (SSSR count). The Labute approximate surface area is 162 Å². The summed E-state index contributed by atoms with van der Waals surface area (Å²) in [4.78, 5) is 7.93. The number of pyridine rings is 1. The van der Waals surface area contributed by atoms with Gasteiger partial charge in [0, 0.05) is 11.6 Å². The van der Waals surface area contributed by atoms with E-state index in [-0.39, 0.29) is 24.9 Å². The first-order chi connectivity index (χ1) is 13.7. The maximum atomic E-state index is 9.86. The minimum Gasteiger partial charge on any atom is -0.470 e. The zero-order chi connectivity index (χ0) is 19.1. The summed E-state index contributed by atoms with van der Waals surface area (Å²) in [5.74, 6) is 6.91. The van der Waals surface area contributed by atoms with Crippen LogP contribution in [0.2, 0.25) is 0 Å². The van der Waals surface area contributed by atoms with Crippen LogP contribution in [0.3, 0.4) is 0 Å². The summed E-state index contributed by atoms with van der Waals surface area (Å²) in [6.45, 7) is 2.67. The Bertz CT molecular complexity index is 1070. The first-order valence-electron chi connectivity index (χ1n) is 9.33. The van der Waals surface area contributed by atoms with Gasteiger partial charge < -0.3 is 24.3 Å². The summed E-state index contributed by atoms with van der Waals surface area (Å²) in [5, 5.41) is 9.86. The van der Waals surface area contributed by atoms with E-state index in [1.54, 1.807) is 0 Å². The number of rotatable bonds is 2. The van der Waals surface area contributed by atoms with Gasteiger partial charge in [0.15, 0.2) is 12.0 Å². The molecule has 2 N–H and O–H groups in total. The highest BCUT2D eigenvalue weighted by Gasteiger charge is 2.48. The molecule has 2 aliphatic heterocycles. The van der Waals surface area contributed by atoms with Crippen LogP contribution in [-0.2, 0) is 9.47 Å². The fraction of sp³-hybridized carbons (Fsp3) is 0.318. The molecule has 142 valence electrons. The van der Waals surface area contributed by atoms with E-state index in [9.17, 15) is 5.11 Å². The molecule has 4 atom stereocenters. The van der Waals surface area contributed by atoms with Crippen LogP contribution >= 0.6 is 0 Å². The molecule has 2 aromatic heterocycles. The lowest BCUT2D eigenvalue weighted by Crippen LogP contribution is -2.34. The third kappa shape index (κ3) is 3.14. The Morgan fingerprint density at radius 1 is 1.11 bits per heavy atom. The third-order valence-electron chi connectivity index (χ3n) is 5.13. The molecule has 0 saturated carbocycles. The van der Waals surface area contributed by atoms with E-state index in [0.29, 0.717) is 12.5 Å². The van der Waals surface area contributed by atoms with Gasteiger partial charge in [0.05, 0.1) is 24.2 Å². The molecule has 1 aromatic carbocycles. The number of fused-ring (bicyclic) bond motifs is 2. The van der Waals surface area contributed by atoms with Crippen molar-refractivity contribution in [3.05, 3.63) is 59.3 Å². The van der Waals surface area contributed by atoms with E-state index in [1.165, 1.54) is 0 Å². The Hall–Kier alpha value is -2.85. The van der Waals surface area contributed by atoms with Crippen molar-refractivity contribution >= 4 is 11.0 Å². The second-order valence-electron chi connectivity index (χ2n) is 7.16. The molecule has 4 heterocycles. The van der Waals surface area contributed by atoms with Crippen LogP contribution in [-0.4, -0.2) is 52.7 Å². The molecular formula is C22H20N2O4. The van der Waals surface area contributed by atoms with Crippen molar-refractivity contribution in [1.82, 2.24) is 9.97 Å². The maximum Gasteiger partial charge on any atom is 0.193 e. The van der Waals surface area contributed by atoms with Gasteiger partial charge in [0.2, 0.25) is 0 Å². The van der Waals surface area contributed by atoms with Crippen molar-refractivity contribution in [3.63, 3.8) is 0 Å². The van der Waals surface area contributed by atoms with Gasteiger partial charge in [-0.15, -0.1) is 0 Å². The number of nitrogens with zero attached hydrogens (tertiary/aromatic N) is 1. The van der Waals surface area contributed by atoms with Crippen molar-refractivity contribution in [3.8, 4) is 17.7 Å². The lowest BCUT2D eigenvalue weighted by Gasteiger charge is -2.16. The maximum absolute atomic E-state index is 9.86. The Kier molecular flexibility index (Phi) is 4.29. The van der Waals surface area contributed by atoms with Crippen LogP contribution in [0.15, 0.2) is 42.5 Å². The Morgan fingerprint density at radius 3 is 2.79 bits per heavy atom. The second-order valence-corrected chi connectivity index (χ2v) is 7.16. The molecule has 4 unspecified atom stereocenters. The van der Waals surface area contributed by atoms with Gasteiger partial charge in [-0.25, -0.2) is 4.98 Å². The topological polar surface area (TPSA) is 76.6 Å². The van der Waals surface area contributed by atoms with E-state index in [4.69, 9.17) is 14.2 Å². The molecule has 0 spiro atoms. The van der Waals surface area contributed by atoms with Crippen LogP contribution in [0.5, 0.6) is 5.88 Å². The summed E-state index contributed by atoms with van der Waals surface area (Å²) in [5.41, 5.74) is 4.38. The summed E-state index contributed by atoms with van der Waals surface area (Å²) < 4.78 is 17.3. The SMILES string of the molecule is Cc1cc2[nH]c(OC3COC4C(O)COC34)cc2nc1C#Cc1ccccc1. The number of aryl methyl sites for hydroxylation is 1. The van der Waals surface area contributed by atoms with Gasteiger partial charge in [-0.05, 0) is 36.6 Å². The molecule has 2 aliphatic rings. The van der Waals surface area contributed by atoms with E-state index in [2.05, 4.69) is 21.8 Å². The molecule has 6 nitrogen and oxygen atoms in total. The number of ether oxygens (including phenoxy) is 3. The van der Waals surface area contributed by atoms with Gasteiger partial charge >= 0.3 is 0 Å². The van der Waals surface area contributed by atoms with Crippen LogP contribution in [0, 0.1) is 18.8 Å². The highest BCUT2D eigenvalue weighted by Crippen LogP contribution is 2.30. The zero-order valence-corrected chi connectivity index (χ0v) is 15.4. The number of hydrogen-bond acceptors (Lipinski definition) is 5. The number of nitrogens with one attached hydrogen (secondary N) is 1. The highest BCUT2D eigenvalue weighted by atomic mass is 16.6. The smallest absolute Gasteiger partial charge is 0.193 e. The van der Waals surface area contributed by atoms with Gasteiger partial charge in [-0.2, -0.15) is 0 Å². The fourth-order valence-corrected chi connectivity index (χ4v) is 3.68. The Morgan fingerprint density at radius 2 is 1.93 bits per heavy atom. The fourth-order valence-electron chi connectivity index (χ4n) is 3.68. The number of benzene rings is 1. The number of hydrogen-bond donors (Lipinski definition) is 2. The third-order valence-corrected chi connectivity index (χ3v) is 5.13. The van der Waals surface area contributed by atoms with Gasteiger partial charge in [0.25, 0.3) is 0 Å². The first kappa shape index (κ1) is 17.3. The normalized spacial score (nSPS) is 26.1. The van der Waals surface area contributed by atoms with Crippen molar-refractivity contribution in [2.75, 3.05) is 13.2 Å². The predicted molar refractivity (Wildman–Crippen MR) is 103 cm³/mol. The van der Waals surface area contributed by atoms with E-state index < -0.39 is 6.10 Å². The van der Waals surface area contributed by atoms with Crippen molar-refractivity contribution < 1.29 is 19.3 Å². The number of aliphatic hydroxyl groups is 1. The molecular weight excluding hydrogens is 356 g/mol. The monoisotopic (exact) mass is 376 g/mol. The second kappa shape index (κ2) is 6.95. The highest BCUT2D eigenvalue weighted by molar-refractivity contribution is 5.79. The largest absolute Gasteiger partial charge is 0.470 e. The minimum absolute atomic E-state index is 0.247. The molecule has 2 fully saturated rings. The summed E-state index contributed by atoms with van der Waals surface area (Å²) >= 11 is 0. The number of aromatic nitrogens is 2. The van der Waals surface area contributed by atoms with Crippen LogP contribution in [0.1, 0.15) is 16.8 Å². The summed E-state index contributed by atoms with van der Waals surface area (Å²) in [6, 6.07) is 13.7. The molecule has 0 aliphatic carbocycles. The van der Waals surface area contributed by atoms with Crippen LogP contribution < -0.4 is 4.74 Å². The van der Waals surface area contributed by atoms with E-state index >= 15 is 0 Å². The van der Waals surface area contributed by atoms with Gasteiger partial charge in [0.1, 0.15) is 24.0 Å². The average molecular weight is 376 g/mol. The number of H-pyrrole nitrogens is 1. The quantitative estimate of drug-likeness (QED) is 0.671. The molecule has 0 amide bonds. The van der Waals surface area contributed by atoms with E-state index in [0.717, 1.165) is 27.9 Å². The summed E-state index contributed by atoms with van der Waals surface area (Å²) in [7, 11) is 0. The van der Waals surface area contributed by atoms with E-state index in [1.807, 2.05) is 49.4 Å². The Balaban J connectivity index is 1.39. The first-order valence-corrected chi connectivity index (χ1v) is 9.33. The molecule has 3 aromatic rings. The standard InChI is InChI=1S/C22H20N2O4/c1-13-9-16-17(23-15(13)8-7-14-5-3-2-4-6-14)10-20(24-16)28-19-12-27-21-18(25)11-26-22(19)21/h2-6,9-10,18-19,21-22,24-25H,11-12H2,1H3. The van der Waals surface area contributed by atoms with Crippen molar-refractivity contribution in [1.29, 1.82) is 0 Å².